The zero-order valence-electron chi connectivity index (χ0n) is 14.8. The Bertz CT molecular complexity index is 407. The molecule has 2 N–H and O–H groups in total. The van der Waals surface area contributed by atoms with Crippen LogP contribution in [0.15, 0.2) is 5.10 Å². The molecule has 2 fully saturated rings. The summed E-state index contributed by atoms with van der Waals surface area (Å²) in [5, 5.41) is 8.52. The average Bonchev–Trinajstić information content (AvgIpc) is 2.53. The fourth-order valence-electron chi connectivity index (χ4n) is 3.40. The van der Waals surface area contributed by atoms with Crippen LogP contribution in [-0.4, -0.2) is 55.1 Å². The summed E-state index contributed by atoms with van der Waals surface area (Å²) >= 11 is 5.35. The first-order valence-corrected chi connectivity index (χ1v) is 9.37. The standard InChI is InChI=1S/C17H32N4OS/c1-13(2)15-5-4-14(3)12-16(15)19-20-17(23)18-6-7-21-8-10-22-11-9-21/h13-15H,4-12H2,1-3H3,(H2,18,20,23)/b19-16-/t14-,15-/m1/s1. The van der Waals surface area contributed by atoms with E-state index in [1.807, 2.05) is 0 Å². The molecule has 5 nitrogen and oxygen atoms in total. The zero-order chi connectivity index (χ0) is 16.7. The van der Waals surface area contributed by atoms with E-state index in [1.54, 1.807) is 0 Å². The van der Waals surface area contributed by atoms with Gasteiger partial charge in [0.2, 0.25) is 0 Å². The van der Waals surface area contributed by atoms with Crippen molar-refractivity contribution in [1.29, 1.82) is 0 Å². The molecular formula is C17H32N4OS. The van der Waals surface area contributed by atoms with E-state index in [0.29, 0.717) is 16.9 Å². The van der Waals surface area contributed by atoms with Gasteiger partial charge in [0.15, 0.2) is 5.11 Å². The van der Waals surface area contributed by atoms with Crippen LogP contribution >= 0.6 is 12.2 Å². The van der Waals surface area contributed by atoms with Crippen molar-refractivity contribution in [2.45, 2.75) is 40.0 Å². The van der Waals surface area contributed by atoms with Crippen LogP contribution in [0, 0.1) is 17.8 Å². The lowest BCUT2D eigenvalue weighted by molar-refractivity contribution is 0.0389. The fourth-order valence-corrected chi connectivity index (χ4v) is 3.55. The summed E-state index contributed by atoms with van der Waals surface area (Å²) in [5.41, 5.74) is 4.35. The molecule has 0 spiro atoms. The van der Waals surface area contributed by atoms with Crippen LogP contribution in [0.3, 0.4) is 0 Å². The third-order valence-corrected chi connectivity index (χ3v) is 5.11. The lowest BCUT2D eigenvalue weighted by Gasteiger charge is -2.30. The van der Waals surface area contributed by atoms with E-state index in [4.69, 9.17) is 17.0 Å². The second kappa shape index (κ2) is 9.55. The first-order valence-electron chi connectivity index (χ1n) is 8.96. The zero-order valence-corrected chi connectivity index (χ0v) is 15.6. The Balaban J connectivity index is 1.72. The number of nitrogens with one attached hydrogen (secondary N) is 2. The first kappa shape index (κ1) is 18.6. The smallest absolute Gasteiger partial charge is 0.186 e. The van der Waals surface area contributed by atoms with Crippen LogP contribution < -0.4 is 10.7 Å². The van der Waals surface area contributed by atoms with Gasteiger partial charge in [-0.05, 0) is 43.3 Å². The number of hydrogen-bond acceptors (Lipinski definition) is 4. The predicted octanol–water partition coefficient (Wildman–Crippen LogP) is 2.23. The second-order valence-electron chi connectivity index (χ2n) is 7.16. The number of hydrogen-bond donors (Lipinski definition) is 2. The number of hydrazone groups is 1. The van der Waals surface area contributed by atoms with Crippen molar-refractivity contribution in [2.24, 2.45) is 22.9 Å². The van der Waals surface area contributed by atoms with Gasteiger partial charge in [-0.25, -0.2) is 0 Å². The highest BCUT2D eigenvalue weighted by Crippen LogP contribution is 2.31. The quantitative estimate of drug-likeness (QED) is 0.594. The summed E-state index contributed by atoms with van der Waals surface area (Å²) < 4.78 is 5.35. The van der Waals surface area contributed by atoms with Gasteiger partial charge in [0, 0.05) is 37.8 Å². The van der Waals surface area contributed by atoms with Crippen LogP contribution in [0.1, 0.15) is 40.0 Å². The summed E-state index contributed by atoms with van der Waals surface area (Å²) in [4.78, 5) is 2.39. The molecule has 1 saturated heterocycles. The molecule has 1 aliphatic heterocycles. The molecule has 1 saturated carbocycles. The van der Waals surface area contributed by atoms with Gasteiger partial charge < -0.3 is 10.1 Å². The van der Waals surface area contributed by atoms with E-state index in [9.17, 15) is 0 Å². The van der Waals surface area contributed by atoms with Gasteiger partial charge in [-0.2, -0.15) is 5.10 Å². The highest BCUT2D eigenvalue weighted by atomic mass is 32.1. The van der Waals surface area contributed by atoms with E-state index in [1.165, 1.54) is 18.6 Å². The molecular weight excluding hydrogens is 308 g/mol. The molecule has 0 aromatic heterocycles. The van der Waals surface area contributed by atoms with Crippen molar-refractivity contribution in [3.63, 3.8) is 0 Å². The number of nitrogens with zero attached hydrogens (tertiary/aromatic N) is 2. The number of ether oxygens (including phenoxy) is 1. The van der Waals surface area contributed by atoms with E-state index in [2.05, 4.69) is 41.5 Å². The Kier molecular flexibility index (Phi) is 7.73. The lowest BCUT2D eigenvalue weighted by atomic mass is 9.76. The monoisotopic (exact) mass is 340 g/mol. The van der Waals surface area contributed by atoms with Crippen LogP contribution in [0.2, 0.25) is 0 Å². The maximum atomic E-state index is 5.35. The lowest BCUT2D eigenvalue weighted by Crippen LogP contribution is -2.43. The van der Waals surface area contributed by atoms with Crippen molar-refractivity contribution < 1.29 is 4.74 Å². The van der Waals surface area contributed by atoms with Crippen molar-refractivity contribution in [1.82, 2.24) is 15.6 Å². The topological polar surface area (TPSA) is 48.9 Å². The molecule has 2 rings (SSSR count). The molecule has 1 heterocycles. The van der Waals surface area contributed by atoms with E-state index in [0.717, 1.165) is 51.7 Å². The SMILES string of the molecule is CC(C)[C@H]1CC[C@@H](C)C/C1=N/NC(=S)NCCN1CCOCC1. The third kappa shape index (κ3) is 6.36. The molecule has 23 heavy (non-hydrogen) atoms. The minimum Gasteiger partial charge on any atom is -0.379 e. The summed E-state index contributed by atoms with van der Waals surface area (Å²) in [6.07, 6.45) is 3.65. The Morgan fingerprint density at radius 1 is 1.35 bits per heavy atom. The summed E-state index contributed by atoms with van der Waals surface area (Å²) in [5.74, 6) is 1.97. The molecule has 0 unspecified atom stereocenters. The van der Waals surface area contributed by atoms with Crippen molar-refractivity contribution in [3.8, 4) is 0 Å². The van der Waals surface area contributed by atoms with Gasteiger partial charge in [0.25, 0.3) is 0 Å². The van der Waals surface area contributed by atoms with Crippen molar-refractivity contribution in [2.75, 3.05) is 39.4 Å². The van der Waals surface area contributed by atoms with Crippen LogP contribution in [0.5, 0.6) is 0 Å². The van der Waals surface area contributed by atoms with Gasteiger partial charge in [-0.3, -0.25) is 10.3 Å². The van der Waals surface area contributed by atoms with E-state index >= 15 is 0 Å². The molecule has 0 bridgehead atoms. The highest BCUT2D eigenvalue weighted by Gasteiger charge is 2.27. The molecule has 132 valence electrons. The number of rotatable bonds is 5. The van der Waals surface area contributed by atoms with Gasteiger partial charge >= 0.3 is 0 Å². The molecule has 0 amide bonds. The Morgan fingerprint density at radius 2 is 2.09 bits per heavy atom. The maximum absolute atomic E-state index is 5.35. The molecule has 2 atom stereocenters. The van der Waals surface area contributed by atoms with Gasteiger partial charge in [-0.1, -0.05) is 20.8 Å². The Morgan fingerprint density at radius 3 is 2.78 bits per heavy atom. The fraction of sp³-hybridized carbons (Fsp3) is 0.882. The second-order valence-corrected chi connectivity index (χ2v) is 7.57. The molecule has 2 aliphatic rings. The normalized spacial score (nSPS) is 28.1. The van der Waals surface area contributed by atoms with Crippen LogP contribution in [0.25, 0.3) is 0 Å². The van der Waals surface area contributed by atoms with Gasteiger partial charge in [0.1, 0.15) is 0 Å². The highest BCUT2D eigenvalue weighted by molar-refractivity contribution is 7.80. The number of morpholine rings is 1. The van der Waals surface area contributed by atoms with Crippen molar-refractivity contribution in [3.05, 3.63) is 0 Å². The Hall–Kier alpha value is -0.720. The first-order chi connectivity index (χ1) is 11.1. The molecule has 0 aromatic rings. The molecule has 6 heteroatoms. The molecule has 0 aromatic carbocycles. The molecule has 0 radical (unpaired) electrons. The van der Waals surface area contributed by atoms with Crippen LogP contribution in [0.4, 0.5) is 0 Å². The minimum atomic E-state index is 0.592. The minimum absolute atomic E-state index is 0.592. The van der Waals surface area contributed by atoms with Gasteiger partial charge in [0.05, 0.1) is 13.2 Å². The molecule has 1 aliphatic carbocycles. The van der Waals surface area contributed by atoms with Crippen molar-refractivity contribution >= 4 is 23.0 Å². The largest absolute Gasteiger partial charge is 0.379 e. The maximum Gasteiger partial charge on any atom is 0.186 e. The average molecular weight is 341 g/mol. The van der Waals surface area contributed by atoms with Crippen LogP contribution in [-0.2, 0) is 4.74 Å². The summed E-state index contributed by atoms with van der Waals surface area (Å²) in [6, 6.07) is 0. The third-order valence-electron chi connectivity index (χ3n) is 4.88. The van der Waals surface area contributed by atoms with Gasteiger partial charge in [-0.15, -0.1) is 0 Å². The number of thiocarbonyl (C=S) groups is 1. The van der Waals surface area contributed by atoms with E-state index in [-0.39, 0.29) is 0 Å². The Labute approximate surface area is 146 Å². The predicted molar refractivity (Wildman–Crippen MR) is 99.8 cm³/mol. The van der Waals surface area contributed by atoms with E-state index < -0.39 is 0 Å². The summed E-state index contributed by atoms with van der Waals surface area (Å²) in [7, 11) is 0. The summed E-state index contributed by atoms with van der Waals surface area (Å²) in [6.45, 7) is 12.4.